The van der Waals surface area contributed by atoms with Gasteiger partial charge in [-0.05, 0) is 31.4 Å². The minimum Gasteiger partial charge on any atom is -0.361 e. The number of aromatic nitrogens is 1. The molecule has 0 radical (unpaired) electrons. The van der Waals surface area contributed by atoms with Crippen molar-refractivity contribution in [2.75, 3.05) is 0 Å². The molecule has 0 saturated carbocycles. The Morgan fingerprint density at radius 3 is 2.89 bits per heavy atom. The summed E-state index contributed by atoms with van der Waals surface area (Å²) in [4.78, 5) is 15.1. The Bertz CT molecular complexity index is 561. The normalized spacial score (nSPS) is 14.3. The molecule has 0 unspecified atom stereocenters. The number of benzene rings is 1. The van der Waals surface area contributed by atoms with Crippen LogP contribution >= 0.6 is 0 Å². The predicted molar refractivity (Wildman–Crippen MR) is 77.9 cm³/mol. The van der Waals surface area contributed by atoms with Gasteiger partial charge < -0.3 is 16.0 Å². The zero-order chi connectivity index (χ0) is 13.8. The minimum absolute atomic E-state index is 0.0837. The summed E-state index contributed by atoms with van der Waals surface area (Å²) in [6.45, 7) is 4.02. The highest BCUT2D eigenvalue weighted by atomic mass is 16.2. The number of carbonyl (C=O) groups is 1. The van der Waals surface area contributed by atoms with Gasteiger partial charge in [0.25, 0.3) is 0 Å². The molecule has 2 rings (SSSR count). The molecule has 4 heteroatoms. The third-order valence-electron chi connectivity index (χ3n) is 3.45. The van der Waals surface area contributed by atoms with E-state index in [1.807, 2.05) is 44.3 Å². The molecule has 2 aromatic rings. The fourth-order valence-electron chi connectivity index (χ4n) is 2.08. The second-order valence-corrected chi connectivity index (χ2v) is 4.99. The Kier molecular flexibility index (Phi) is 4.22. The van der Waals surface area contributed by atoms with Gasteiger partial charge in [-0.2, -0.15) is 0 Å². The van der Waals surface area contributed by atoms with E-state index < -0.39 is 6.04 Å². The average molecular weight is 259 g/mol. The van der Waals surface area contributed by atoms with Crippen LogP contribution in [0.1, 0.15) is 25.8 Å². The molecule has 19 heavy (non-hydrogen) atoms. The maximum atomic E-state index is 11.9. The lowest BCUT2D eigenvalue weighted by Crippen LogP contribution is -2.45. The van der Waals surface area contributed by atoms with Crippen LogP contribution in [0.4, 0.5) is 0 Å². The first-order valence-electron chi connectivity index (χ1n) is 6.72. The third-order valence-corrected chi connectivity index (χ3v) is 3.45. The van der Waals surface area contributed by atoms with E-state index in [1.54, 1.807) is 0 Å². The predicted octanol–water partition coefficient (Wildman–Crippen LogP) is 1.95. The smallest absolute Gasteiger partial charge is 0.237 e. The molecular formula is C15H21N3O. The summed E-state index contributed by atoms with van der Waals surface area (Å²) in [5, 5.41) is 4.05. The Morgan fingerprint density at radius 2 is 2.16 bits per heavy atom. The van der Waals surface area contributed by atoms with Gasteiger partial charge in [-0.25, -0.2) is 0 Å². The van der Waals surface area contributed by atoms with Gasteiger partial charge in [0.2, 0.25) is 5.91 Å². The lowest BCUT2D eigenvalue weighted by atomic mass is 10.0. The Labute approximate surface area is 113 Å². The quantitative estimate of drug-likeness (QED) is 0.768. The van der Waals surface area contributed by atoms with Gasteiger partial charge in [-0.15, -0.1) is 0 Å². The van der Waals surface area contributed by atoms with E-state index >= 15 is 0 Å². The molecule has 0 aliphatic carbocycles. The molecule has 1 aromatic carbocycles. The summed E-state index contributed by atoms with van der Waals surface area (Å²) < 4.78 is 0. The van der Waals surface area contributed by atoms with E-state index in [1.165, 1.54) is 0 Å². The number of fused-ring (bicyclic) bond motifs is 1. The number of rotatable bonds is 5. The van der Waals surface area contributed by atoms with Gasteiger partial charge in [0.05, 0.1) is 6.04 Å². The molecule has 2 atom stereocenters. The van der Waals surface area contributed by atoms with Crippen LogP contribution in [0.3, 0.4) is 0 Å². The van der Waals surface area contributed by atoms with Crippen molar-refractivity contribution in [3.8, 4) is 0 Å². The van der Waals surface area contributed by atoms with Crippen LogP contribution in [0.5, 0.6) is 0 Å². The van der Waals surface area contributed by atoms with Crippen molar-refractivity contribution >= 4 is 16.8 Å². The van der Waals surface area contributed by atoms with E-state index in [2.05, 4.69) is 10.3 Å². The minimum atomic E-state index is -0.506. The SMILES string of the molecule is CC[C@@H](C)NC(=O)[C@@H](N)Cc1c[nH]c2ccccc12. The molecular weight excluding hydrogens is 238 g/mol. The second kappa shape index (κ2) is 5.89. The number of hydrogen-bond donors (Lipinski definition) is 3. The van der Waals surface area contributed by atoms with Crippen LogP contribution in [-0.2, 0) is 11.2 Å². The number of H-pyrrole nitrogens is 1. The maximum absolute atomic E-state index is 11.9. The van der Waals surface area contributed by atoms with E-state index in [0.717, 1.165) is 22.9 Å². The van der Waals surface area contributed by atoms with Gasteiger partial charge in [0.15, 0.2) is 0 Å². The molecule has 0 spiro atoms. The molecule has 1 heterocycles. The highest BCUT2D eigenvalue weighted by Gasteiger charge is 2.17. The van der Waals surface area contributed by atoms with E-state index in [-0.39, 0.29) is 11.9 Å². The van der Waals surface area contributed by atoms with Gasteiger partial charge in [-0.1, -0.05) is 25.1 Å². The summed E-state index contributed by atoms with van der Waals surface area (Å²) in [6, 6.07) is 7.70. The maximum Gasteiger partial charge on any atom is 0.237 e. The molecule has 0 fully saturated rings. The highest BCUT2D eigenvalue weighted by molar-refractivity contribution is 5.86. The number of hydrogen-bond acceptors (Lipinski definition) is 2. The summed E-state index contributed by atoms with van der Waals surface area (Å²) >= 11 is 0. The first-order chi connectivity index (χ1) is 9.11. The van der Waals surface area contributed by atoms with Crippen LogP contribution in [0.15, 0.2) is 30.5 Å². The topological polar surface area (TPSA) is 70.9 Å². The highest BCUT2D eigenvalue weighted by Crippen LogP contribution is 2.18. The van der Waals surface area contributed by atoms with Crippen molar-refractivity contribution in [1.82, 2.24) is 10.3 Å². The number of para-hydroxylation sites is 1. The Morgan fingerprint density at radius 1 is 1.42 bits per heavy atom. The Hall–Kier alpha value is -1.81. The molecule has 1 amide bonds. The van der Waals surface area contributed by atoms with Gasteiger partial charge in [-0.3, -0.25) is 4.79 Å². The fourth-order valence-corrected chi connectivity index (χ4v) is 2.08. The lowest BCUT2D eigenvalue weighted by Gasteiger charge is -2.16. The Balaban J connectivity index is 2.06. The molecule has 0 bridgehead atoms. The monoisotopic (exact) mass is 259 g/mol. The molecule has 1 aromatic heterocycles. The number of amides is 1. The summed E-state index contributed by atoms with van der Waals surface area (Å²) in [6.07, 6.45) is 3.39. The molecule has 4 N–H and O–H groups in total. The van der Waals surface area contributed by atoms with Crippen molar-refractivity contribution in [1.29, 1.82) is 0 Å². The number of aromatic amines is 1. The number of carbonyl (C=O) groups excluding carboxylic acids is 1. The average Bonchev–Trinajstić information content (AvgIpc) is 2.82. The third kappa shape index (κ3) is 3.15. The van der Waals surface area contributed by atoms with E-state index in [9.17, 15) is 4.79 Å². The van der Waals surface area contributed by atoms with Gasteiger partial charge >= 0.3 is 0 Å². The molecule has 102 valence electrons. The first-order valence-corrected chi connectivity index (χ1v) is 6.72. The molecule has 0 aliphatic heterocycles. The van der Waals surface area contributed by atoms with E-state index in [0.29, 0.717) is 6.42 Å². The fraction of sp³-hybridized carbons (Fsp3) is 0.400. The van der Waals surface area contributed by atoms with E-state index in [4.69, 9.17) is 5.73 Å². The standard InChI is InChI=1S/C15H21N3O/c1-3-10(2)18-15(19)13(16)8-11-9-17-14-7-5-4-6-12(11)14/h4-7,9-10,13,17H,3,8,16H2,1-2H3,(H,18,19)/t10-,13+/m1/s1. The molecule has 0 aliphatic rings. The lowest BCUT2D eigenvalue weighted by molar-refractivity contribution is -0.122. The number of nitrogens with two attached hydrogens (primary N) is 1. The van der Waals surface area contributed by atoms with Crippen molar-refractivity contribution in [3.63, 3.8) is 0 Å². The summed E-state index contributed by atoms with van der Waals surface area (Å²) in [7, 11) is 0. The summed E-state index contributed by atoms with van der Waals surface area (Å²) in [5.74, 6) is -0.0837. The first kappa shape index (κ1) is 13.6. The second-order valence-electron chi connectivity index (χ2n) is 4.99. The van der Waals surface area contributed by atoms with Crippen molar-refractivity contribution in [2.24, 2.45) is 5.73 Å². The van der Waals surface area contributed by atoms with Crippen molar-refractivity contribution in [3.05, 3.63) is 36.0 Å². The van der Waals surface area contributed by atoms with Crippen LogP contribution in [0.25, 0.3) is 10.9 Å². The largest absolute Gasteiger partial charge is 0.361 e. The van der Waals surface area contributed by atoms with Crippen molar-refractivity contribution < 1.29 is 4.79 Å². The van der Waals surface area contributed by atoms with Crippen molar-refractivity contribution in [2.45, 2.75) is 38.8 Å². The molecule has 0 saturated heterocycles. The summed E-state index contributed by atoms with van der Waals surface area (Å²) in [5.41, 5.74) is 8.14. The van der Waals surface area contributed by atoms with Crippen LogP contribution < -0.4 is 11.1 Å². The zero-order valence-corrected chi connectivity index (χ0v) is 11.4. The van der Waals surface area contributed by atoms with Crippen LogP contribution in [0, 0.1) is 0 Å². The van der Waals surface area contributed by atoms with Gasteiger partial charge in [0, 0.05) is 23.1 Å². The van der Waals surface area contributed by atoms with Gasteiger partial charge in [0.1, 0.15) is 0 Å². The zero-order valence-electron chi connectivity index (χ0n) is 11.4. The molecule has 4 nitrogen and oxygen atoms in total. The van der Waals surface area contributed by atoms with Crippen LogP contribution in [0.2, 0.25) is 0 Å². The number of nitrogens with one attached hydrogen (secondary N) is 2. The van der Waals surface area contributed by atoms with Crippen LogP contribution in [-0.4, -0.2) is 23.0 Å².